The fourth-order valence-electron chi connectivity index (χ4n) is 6.14. The van der Waals surface area contributed by atoms with E-state index in [4.69, 9.17) is 14.8 Å². The van der Waals surface area contributed by atoms with Gasteiger partial charge in [0.2, 0.25) is 5.91 Å². The molecule has 0 bridgehead atoms. The Morgan fingerprint density at radius 1 is 0.667 bits per heavy atom. The van der Waals surface area contributed by atoms with Gasteiger partial charge in [-0.3, -0.25) is 13.8 Å². The highest BCUT2D eigenvalue weighted by atomic mass is 31.2. The van der Waals surface area contributed by atoms with Crippen molar-refractivity contribution in [2.75, 3.05) is 19.8 Å². The molecule has 0 saturated heterocycles. The van der Waals surface area contributed by atoms with E-state index in [1.54, 1.807) is 6.08 Å². The third kappa shape index (κ3) is 34.5. The highest BCUT2D eigenvalue weighted by Crippen LogP contribution is 2.43. The first-order valence-electron chi connectivity index (χ1n) is 21.1. The molecule has 4 atom stereocenters. The van der Waals surface area contributed by atoms with Crippen molar-refractivity contribution in [3.05, 3.63) is 24.3 Å². The minimum Gasteiger partial charge on any atom is -0.387 e. The van der Waals surface area contributed by atoms with Gasteiger partial charge >= 0.3 is 7.82 Å². The summed E-state index contributed by atoms with van der Waals surface area (Å²) in [4.78, 5) is 22.7. The lowest BCUT2D eigenvalue weighted by Gasteiger charge is -2.24. The van der Waals surface area contributed by atoms with E-state index in [1.807, 2.05) is 12.2 Å². The minimum atomic E-state index is -4.42. The summed E-state index contributed by atoms with van der Waals surface area (Å²) in [7, 11) is -4.42. The fraction of sp³-hybridized carbons (Fsp3) is 0.878. The summed E-state index contributed by atoms with van der Waals surface area (Å²) in [6.45, 7) is 3.86. The van der Waals surface area contributed by atoms with Crippen molar-refractivity contribution in [2.45, 2.75) is 212 Å². The second-order valence-corrected chi connectivity index (χ2v) is 15.8. The Balaban J connectivity index is 4.24. The maximum atomic E-state index is 12.8. The van der Waals surface area contributed by atoms with Crippen LogP contribution in [0.25, 0.3) is 0 Å². The SMILES string of the molecule is CCCCCCCC/C=C/C=C/[C@@H](O)[C@H](COP(=O)(O)OCCN)NC(=O)C(O)CCCCCCCCCCCCCCCCCCCCCC. The number of aliphatic hydroxyl groups is 2. The number of phosphoric acid groups is 1. The van der Waals surface area contributed by atoms with Crippen LogP contribution in [-0.2, 0) is 18.4 Å². The van der Waals surface area contributed by atoms with E-state index in [0.717, 1.165) is 32.1 Å². The van der Waals surface area contributed by atoms with Crippen LogP contribution in [0, 0.1) is 0 Å². The van der Waals surface area contributed by atoms with Crippen LogP contribution in [-0.4, -0.2) is 59.0 Å². The topological polar surface area (TPSA) is 151 Å². The summed E-state index contributed by atoms with van der Waals surface area (Å²) in [5, 5.41) is 23.9. The number of rotatable bonds is 39. The molecule has 0 aromatic carbocycles. The molecule has 6 N–H and O–H groups in total. The Morgan fingerprint density at radius 3 is 1.55 bits per heavy atom. The minimum absolute atomic E-state index is 0.0379. The molecule has 0 aliphatic carbocycles. The first-order valence-corrected chi connectivity index (χ1v) is 22.6. The lowest BCUT2D eigenvalue weighted by atomic mass is 10.0. The Hall–Kier alpha value is -1.06. The van der Waals surface area contributed by atoms with Gasteiger partial charge in [-0.05, 0) is 19.3 Å². The summed E-state index contributed by atoms with van der Waals surface area (Å²) in [5.41, 5.74) is 5.34. The number of allylic oxidation sites excluding steroid dienone is 3. The average Bonchev–Trinajstić information content (AvgIpc) is 3.12. The van der Waals surface area contributed by atoms with Crippen molar-refractivity contribution >= 4 is 13.7 Å². The van der Waals surface area contributed by atoms with E-state index in [2.05, 4.69) is 19.2 Å². The van der Waals surface area contributed by atoms with Crippen molar-refractivity contribution in [3.8, 4) is 0 Å². The Morgan fingerprint density at radius 2 is 1.10 bits per heavy atom. The van der Waals surface area contributed by atoms with E-state index in [9.17, 15) is 24.5 Å². The average molecular weight is 745 g/mol. The number of nitrogens with one attached hydrogen (secondary N) is 1. The molecule has 0 heterocycles. The van der Waals surface area contributed by atoms with E-state index in [1.165, 1.54) is 147 Å². The highest BCUT2D eigenvalue weighted by molar-refractivity contribution is 7.47. The number of hydrogen-bond donors (Lipinski definition) is 5. The fourth-order valence-corrected chi connectivity index (χ4v) is 6.90. The van der Waals surface area contributed by atoms with Crippen LogP contribution in [0.3, 0.4) is 0 Å². The number of aliphatic hydroxyl groups excluding tert-OH is 2. The van der Waals surface area contributed by atoms with Gasteiger partial charge in [-0.25, -0.2) is 4.57 Å². The van der Waals surface area contributed by atoms with E-state index >= 15 is 0 Å². The lowest BCUT2D eigenvalue weighted by molar-refractivity contribution is -0.131. The molecule has 0 rings (SSSR count). The summed E-state index contributed by atoms with van der Waals surface area (Å²) in [5.74, 6) is -0.650. The Kier molecular flexibility index (Phi) is 36.5. The molecule has 2 unspecified atom stereocenters. The molecule has 9 nitrogen and oxygen atoms in total. The maximum Gasteiger partial charge on any atom is 0.472 e. The summed E-state index contributed by atoms with van der Waals surface area (Å²) in [6.07, 6.45) is 38.9. The zero-order valence-electron chi connectivity index (χ0n) is 33.0. The van der Waals surface area contributed by atoms with Gasteiger partial charge in [-0.1, -0.05) is 199 Å². The van der Waals surface area contributed by atoms with E-state index < -0.39 is 38.6 Å². The maximum absolute atomic E-state index is 12.8. The zero-order chi connectivity index (χ0) is 37.7. The molecule has 0 aliphatic rings. The number of carbonyl (C=O) groups is 1. The van der Waals surface area contributed by atoms with Gasteiger partial charge in [0.1, 0.15) is 6.10 Å². The van der Waals surface area contributed by atoms with Crippen LogP contribution in [0.5, 0.6) is 0 Å². The molecule has 51 heavy (non-hydrogen) atoms. The second kappa shape index (κ2) is 37.3. The van der Waals surface area contributed by atoms with Crippen LogP contribution < -0.4 is 11.1 Å². The first-order chi connectivity index (χ1) is 24.8. The van der Waals surface area contributed by atoms with E-state index in [0.29, 0.717) is 6.42 Å². The molecule has 0 aromatic rings. The summed E-state index contributed by atoms with van der Waals surface area (Å²) < 4.78 is 21.9. The molecular formula is C41H81N2O7P. The number of nitrogens with two attached hydrogens (primary N) is 1. The smallest absolute Gasteiger partial charge is 0.387 e. The van der Waals surface area contributed by atoms with Gasteiger partial charge < -0.3 is 26.2 Å². The second-order valence-electron chi connectivity index (χ2n) is 14.4. The third-order valence-electron chi connectivity index (χ3n) is 9.44. The van der Waals surface area contributed by atoms with Crippen LogP contribution in [0.1, 0.15) is 194 Å². The van der Waals surface area contributed by atoms with Crippen molar-refractivity contribution in [3.63, 3.8) is 0 Å². The van der Waals surface area contributed by atoms with Crippen LogP contribution in [0.2, 0.25) is 0 Å². The molecule has 302 valence electrons. The molecule has 0 spiro atoms. The van der Waals surface area contributed by atoms with Crippen LogP contribution in [0.15, 0.2) is 24.3 Å². The van der Waals surface area contributed by atoms with Crippen molar-refractivity contribution in [1.29, 1.82) is 0 Å². The number of carbonyl (C=O) groups excluding carboxylic acids is 1. The Bertz CT molecular complexity index is 873. The summed E-state index contributed by atoms with van der Waals surface area (Å²) >= 11 is 0. The zero-order valence-corrected chi connectivity index (χ0v) is 33.9. The van der Waals surface area contributed by atoms with Gasteiger partial charge in [0, 0.05) is 6.54 Å². The molecule has 0 fully saturated rings. The van der Waals surface area contributed by atoms with Crippen molar-refractivity contribution < 1.29 is 33.5 Å². The molecular weight excluding hydrogens is 663 g/mol. The van der Waals surface area contributed by atoms with Gasteiger partial charge in [0.25, 0.3) is 0 Å². The molecule has 10 heteroatoms. The molecule has 0 aliphatic heterocycles. The molecule has 0 aromatic heterocycles. The number of hydrogen-bond acceptors (Lipinski definition) is 7. The Labute approximate surface area is 313 Å². The van der Waals surface area contributed by atoms with Crippen molar-refractivity contribution in [2.24, 2.45) is 5.73 Å². The first kappa shape index (κ1) is 49.9. The molecule has 1 amide bonds. The molecule has 0 saturated carbocycles. The van der Waals surface area contributed by atoms with Gasteiger partial charge in [-0.15, -0.1) is 0 Å². The lowest BCUT2D eigenvalue weighted by Crippen LogP contribution is -2.49. The third-order valence-corrected chi connectivity index (χ3v) is 10.4. The number of unbranched alkanes of at least 4 members (excludes halogenated alkanes) is 25. The number of amides is 1. The number of phosphoric ester groups is 1. The van der Waals surface area contributed by atoms with Gasteiger partial charge in [-0.2, -0.15) is 0 Å². The predicted molar refractivity (Wildman–Crippen MR) is 214 cm³/mol. The van der Waals surface area contributed by atoms with Crippen LogP contribution in [0.4, 0.5) is 0 Å². The predicted octanol–water partition coefficient (Wildman–Crippen LogP) is 10.4. The normalized spacial score (nSPS) is 15.0. The van der Waals surface area contributed by atoms with Gasteiger partial charge in [0.05, 0.1) is 25.4 Å². The monoisotopic (exact) mass is 745 g/mol. The van der Waals surface area contributed by atoms with Crippen molar-refractivity contribution in [1.82, 2.24) is 5.32 Å². The van der Waals surface area contributed by atoms with Gasteiger partial charge in [0.15, 0.2) is 0 Å². The highest BCUT2D eigenvalue weighted by Gasteiger charge is 2.28. The quantitative estimate of drug-likeness (QED) is 0.0237. The standard InChI is InChI=1S/C41H81N2O7P/c1-3-5-7-9-11-13-15-16-17-18-19-20-21-22-23-24-26-28-30-32-34-40(45)41(46)43-38(37-50-51(47,48)49-36-35-42)39(44)33-31-29-27-25-14-12-10-8-6-4-2/h27,29,31,33,38-40,44-45H,3-26,28,30,32,34-37,42H2,1-2H3,(H,43,46)(H,47,48)/b29-27+,33-31+/t38-,39+,40?/m0/s1. The molecule has 0 radical (unpaired) electrons. The van der Waals surface area contributed by atoms with E-state index in [-0.39, 0.29) is 13.2 Å². The van der Waals surface area contributed by atoms with Crippen LogP contribution >= 0.6 is 7.82 Å². The largest absolute Gasteiger partial charge is 0.472 e. The summed E-state index contributed by atoms with van der Waals surface area (Å²) in [6, 6.07) is -1.06.